The Morgan fingerprint density at radius 3 is 1.50 bits per heavy atom. The van der Waals surface area contributed by atoms with Crippen molar-refractivity contribution in [3.63, 3.8) is 0 Å². The summed E-state index contributed by atoms with van der Waals surface area (Å²) in [6.07, 6.45) is 0. The number of hydrogen-bond acceptors (Lipinski definition) is 3. The van der Waals surface area contributed by atoms with Crippen molar-refractivity contribution in [3.8, 4) is 0 Å². The van der Waals surface area contributed by atoms with Crippen LogP contribution in [0.25, 0.3) is 0 Å². The first-order chi connectivity index (χ1) is 10.2. The quantitative estimate of drug-likeness (QED) is 0.832. The van der Waals surface area contributed by atoms with Gasteiger partial charge in [-0.2, -0.15) is 13.2 Å². The molecular formula is C13H12F3NO3S2. The zero-order valence-electron chi connectivity index (χ0n) is 11.0. The van der Waals surface area contributed by atoms with Crippen molar-refractivity contribution < 1.29 is 25.8 Å². The second-order valence-electron chi connectivity index (χ2n) is 4.32. The molecule has 0 spiro atoms. The number of benzene rings is 2. The largest absolute Gasteiger partial charge is 0.512 e. The predicted molar refractivity (Wildman–Crippen MR) is 77.1 cm³/mol. The van der Waals surface area contributed by atoms with E-state index in [2.05, 4.69) is 0 Å². The average molecular weight is 351 g/mol. The van der Waals surface area contributed by atoms with Gasteiger partial charge in [-0.15, -0.1) is 4.13 Å². The lowest BCUT2D eigenvalue weighted by atomic mass is 10.4. The van der Waals surface area contributed by atoms with E-state index in [0.717, 1.165) is 0 Å². The fourth-order valence-electron chi connectivity index (χ4n) is 1.75. The number of sulfonamides is 1. The lowest BCUT2D eigenvalue weighted by Gasteiger charge is -2.26. The van der Waals surface area contributed by atoms with Crippen LogP contribution in [0.15, 0.2) is 70.5 Å². The minimum atomic E-state index is -5.76. The van der Waals surface area contributed by atoms with Crippen LogP contribution in [0, 0.1) is 0 Å². The summed E-state index contributed by atoms with van der Waals surface area (Å²) in [5.41, 5.74) is -5.55. The Hall–Kier alpha value is -1.71. The summed E-state index contributed by atoms with van der Waals surface area (Å²) in [7, 11) is -9.96. The third-order valence-corrected chi connectivity index (χ3v) is 7.44. The van der Waals surface area contributed by atoms with Gasteiger partial charge in [-0.05, 0) is 24.3 Å². The van der Waals surface area contributed by atoms with Gasteiger partial charge in [0.1, 0.15) is 0 Å². The fraction of sp³-hybridized carbons (Fsp3) is 0.0769. The van der Waals surface area contributed by atoms with Crippen molar-refractivity contribution in [2.45, 2.75) is 15.3 Å². The van der Waals surface area contributed by atoms with Crippen molar-refractivity contribution >= 4 is 20.1 Å². The standard InChI is InChI=1S/C13H12F3NO3S2/c14-13(15,16)22(19,20)17-21(18,11-7-3-1-4-8-11)12-9-5-2-6-10-12/h1-10,21H,(H,17,18). The summed E-state index contributed by atoms with van der Waals surface area (Å²) in [5.74, 6) is 0. The number of rotatable bonds is 4. The van der Waals surface area contributed by atoms with Crippen LogP contribution in [0.3, 0.4) is 0 Å². The molecule has 2 aromatic carbocycles. The van der Waals surface area contributed by atoms with Crippen LogP contribution in [0.5, 0.6) is 0 Å². The summed E-state index contributed by atoms with van der Waals surface area (Å²) in [5, 5.41) is 0. The van der Waals surface area contributed by atoms with Gasteiger partial charge in [0.25, 0.3) is 0 Å². The lowest BCUT2D eigenvalue weighted by molar-refractivity contribution is -0.0441. The van der Waals surface area contributed by atoms with E-state index in [4.69, 9.17) is 0 Å². The third-order valence-electron chi connectivity index (χ3n) is 2.79. The summed E-state index contributed by atoms with van der Waals surface area (Å²) < 4.78 is 75.1. The van der Waals surface area contributed by atoms with Gasteiger partial charge in [-0.25, -0.2) is 8.42 Å². The van der Waals surface area contributed by atoms with Gasteiger partial charge in [0.15, 0.2) is 0 Å². The molecule has 0 aliphatic heterocycles. The SMILES string of the molecule is O=S(=O)(N[SH](=O)(c1ccccc1)c1ccccc1)C(F)(F)F. The number of nitrogens with one attached hydrogen (secondary N) is 1. The molecule has 0 bridgehead atoms. The second-order valence-corrected chi connectivity index (χ2v) is 8.77. The predicted octanol–water partition coefficient (Wildman–Crippen LogP) is 2.48. The molecule has 0 aliphatic carbocycles. The van der Waals surface area contributed by atoms with Crippen LogP contribution < -0.4 is 4.13 Å². The Morgan fingerprint density at radius 2 is 1.18 bits per heavy atom. The van der Waals surface area contributed by atoms with Crippen LogP contribution in [0.4, 0.5) is 13.2 Å². The van der Waals surface area contributed by atoms with Crippen LogP contribution in [-0.2, 0) is 20.1 Å². The van der Waals surface area contributed by atoms with E-state index in [0.29, 0.717) is 0 Å². The van der Waals surface area contributed by atoms with Gasteiger partial charge < -0.3 is 0 Å². The van der Waals surface area contributed by atoms with E-state index < -0.39 is 25.7 Å². The monoisotopic (exact) mass is 351 g/mol. The maximum Gasteiger partial charge on any atom is 0.512 e. The van der Waals surface area contributed by atoms with Crippen LogP contribution in [0.1, 0.15) is 0 Å². The Balaban J connectivity index is 2.61. The van der Waals surface area contributed by atoms with Crippen LogP contribution in [0.2, 0.25) is 0 Å². The summed E-state index contributed by atoms with van der Waals surface area (Å²) in [6, 6.07) is 14.3. The van der Waals surface area contributed by atoms with E-state index in [1.54, 1.807) is 12.1 Å². The van der Waals surface area contributed by atoms with E-state index in [1.165, 1.54) is 52.7 Å². The van der Waals surface area contributed by atoms with Crippen LogP contribution >= 0.6 is 0 Å². The van der Waals surface area contributed by atoms with Gasteiger partial charge in [-0.1, -0.05) is 36.4 Å². The molecule has 0 saturated heterocycles. The number of thiol groups is 1. The lowest BCUT2D eigenvalue weighted by Crippen LogP contribution is -2.43. The third kappa shape index (κ3) is 3.21. The van der Waals surface area contributed by atoms with Crippen molar-refractivity contribution in [3.05, 3.63) is 60.7 Å². The van der Waals surface area contributed by atoms with E-state index >= 15 is 0 Å². The molecule has 0 aromatic heterocycles. The highest BCUT2D eigenvalue weighted by atomic mass is 32.3. The van der Waals surface area contributed by atoms with E-state index in [-0.39, 0.29) is 9.79 Å². The molecule has 2 aromatic rings. The fourth-order valence-corrected chi connectivity index (χ4v) is 5.84. The van der Waals surface area contributed by atoms with Gasteiger partial charge in [0.2, 0.25) is 0 Å². The van der Waals surface area contributed by atoms with Crippen molar-refractivity contribution in [1.82, 2.24) is 4.13 Å². The molecule has 4 nitrogen and oxygen atoms in total. The minimum Gasteiger partial charge on any atom is -0.261 e. The molecule has 9 heteroatoms. The molecule has 0 radical (unpaired) electrons. The first kappa shape index (κ1) is 16.7. The first-order valence-electron chi connectivity index (χ1n) is 5.98. The Labute approximate surface area is 126 Å². The summed E-state index contributed by atoms with van der Waals surface area (Å²) >= 11 is 0. The highest BCUT2D eigenvalue weighted by Gasteiger charge is 2.48. The second kappa shape index (κ2) is 5.82. The van der Waals surface area contributed by atoms with Crippen LogP contribution in [-0.4, -0.2) is 18.1 Å². The van der Waals surface area contributed by atoms with Crippen molar-refractivity contribution in [2.75, 3.05) is 0 Å². The zero-order chi connectivity index (χ0) is 16.4. The molecule has 0 atom stereocenters. The van der Waals surface area contributed by atoms with E-state index in [1.807, 2.05) is 0 Å². The molecule has 0 saturated carbocycles. The Kier molecular flexibility index (Phi) is 4.41. The molecule has 0 heterocycles. The first-order valence-corrected chi connectivity index (χ1v) is 9.17. The molecular weight excluding hydrogens is 339 g/mol. The number of halogens is 3. The van der Waals surface area contributed by atoms with Gasteiger partial charge in [0.05, 0.1) is 0 Å². The molecule has 0 unspecified atom stereocenters. The smallest absolute Gasteiger partial charge is 0.261 e. The number of alkyl halides is 3. The summed E-state index contributed by atoms with van der Waals surface area (Å²) in [4.78, 5) is -0.0666. The van der Waals surface area contributed by atoms with Gasteiger partial charge in [-0.3, -0.25) is 4.21 Å². The molecule has 22 heavy (non-hydrogen) atoms. The Bertz CT molecular complexity index is 747. The number of hydrogen-bond donors (Lipinski definition) is 2. The molecule has 2 rings (SSSR count). The highest BCUT2D eigenvalue weighted by Crippen LogP contribution is 2.30. The highest BCUT2D eigenvalue weighted by molar-refractivity contribution is 8.11. The average Bonchev–Trinajstić information content (AvgIpc) is 2.47. The molecule has 0 aliphatic rings. The Morgan fingerprint density at radius 1 is 0.818 bits per heavy atom. The van der Waals surface area contributed by atoms with Gasteiger partial charge in [0, 0.05) is 19.9 Å². The van der Waals surface area contributed by atoms with E-state index in [9.17, 15) is 25.8 Å². The summed E-state index contributed by atoms with van der Waals surface area (Å²) in [6.45, 7) is 0. The van der Waals surface area contributed by atoms with Crippen molar-refractivity contribution in [2.24, 2.45) is 0 Å². The normalized spacial score (nSPS) is 13.8. The zero-order valence-corrected chi connectivity index (χ0v) is 12.7. The maximum atomic E-state index is 13.1. The minimum absolute atomic E-state index is 0.0333. The topological polar surface area (TPSA) is 63.2 Å². The molecule has 1 N–H and O–H groups in total. The molecule has 0 fully saturated rings. The van der Waals surface area contributed by atoms with Crippen molar-refractivity contribution in [1.29, 1.82) is 0 Å². The molecule has 0 amide bonds. The molecule has 120 valence electrons. The maximum absolute atomic E-state index is 13.1. The van der Waals surface area contributed by atoms with Gasteiger partial charge >= 0.3 is 15.5 Å².